The van der Waals surface area contributed by atoms with Gasteiger partial charge in [0.1, 0.15) is 5.75 Å². The normalized spacial score (nSPS) is 9.27. The molecule has 0 saturated carbocycles. The first kappa shape index (κ1) is 11.9. The lowest BCUT2D eigenvalue weighted by Gasteiger charge is -2.00. The number of methoxy groups -OCH3 is 1. The molecule has 80 valence electrons. The van der Waals surface area contributed by atoms with Gasteiger partial charge in [-0.2, -0.15) is 0 Å². The summed E-state index contributed by atoms with van der Waals surface area (Å²) in [6.45, 7) is 4.31. The van der Waals surface area contributed by atoms with E-state index in [1.54, 1.807) is 13.3 Å². The zero-order chi connectivity index (χ0) is 11.1. The molecule has 3 heteroatoms. The van der Waals surface area contributed by atoms with E-state index >= 15 is 0 Å². The zero-order valence-corrected chi connectivity index (χ0v) is 10.3. The van der Waals surface area contributed by atoms with Gasteiger partial charge in [-0.3, -0.25) is 4.98 Å². The third-order valence-electron chi connectivity index (χ3n) is 1.81. The summed E-state index contributed by atoms with van der Waals surface area (Å²) in [5, 5.41) is 1.11. The van der Waals surface area contributed by atoms with Crippen molar-refractivity contribution in [3.8, 4) is 5.75 Å². The summed E-state index contributed by atoms with van der Waals surface area (Å²) in [5.74, 6) is 0.871. The quantitative estimate of drug-likeness (QED) is 0.690. The van der Waals surface area contributed by atoms with Crippen molar-refractivity contribution in [3.05, 3.63) is 36.5 Å². The van der Waals surface area contributed by atoms with Crippen LogP contribution in [0.4, 0.5) is 0 Å². The van der Waals surface area contributed by atoms with E-state index in [1.807, 2.05) is 30.3 Å². The second-order valence-electron chi connectivity index (χ2n) is 3.06. The zero-order valence-electron chi connectivity index (χ0n) is 9.32. The van der Waals surface area contributed by atoms with Crippen molar-refractivity contribution >= 4 is 19.5 Å². The van der Waals surface area contributed by atoms with E-state index in [0.717, 1.165) is 25.2 Å². The van der Waals surface area contributed by atoms with Crippen LogP contribution < -0.4 is 4.74 Å². The Bertz CT molecular complexity index is 417. The first-order valence-electron chi connectivity index (χ1n) is 4.79. The summed E-state index contributed by atoms with van der Waals surface area (Å²) in [4.78, 5) is 4.20. The molecule has 2 aromatic rings. The highest BCUT2D eigenvalue weighted by molar-refractivity contribution is 7.35. The third kappa shape index (κ3) is 3.49. The Morgan fingerprint density at radius 1 is 1.20 bits per heavy atom. The number of hydrogen-bond acceptors (Lipinski definition) is 2. The topological polar surface area (TPSA) is 22.1 Å². The molecular formula is C12H16NOP. The predicted molar refractivity (Wildman–Crippen MR) is 68.5 cm³/mol. The van der Waals surface area contributed by atoms with E-state index in [1.165, 1.54) is 0 Å². The minimum absolute atomic E-state index is 0.871. The number of aromatic nitrogens is 1. The van der Waals surface area contributed by atoms with Crippen LogP contribution in [0.5, 0.6) is 5.75 Å². The molecule has 0 aliphatic heterocycles. The Balaban J connectivity index is 0.000000337. The molecule has 0 spiro atoms. The fraction of sp³-hybridized carbons (Fsp3) is 0.250. The molecule has 0 saturated heterocycles. The van der Waals surface area contributed by atoms with Crippen molar-refractivity contribution in [1.82, 2.24) is 4.98 Å². The number of benzene rings is 1. The van der Waals surface area contributed by atoms with Gasteiger partial charge in [0, 0.05) is 11.6 Å². The highest BCUT2D eigenvalue weighted by Crippen LogP contribution is 2.17. The van der Waals surface area contributed by atoms with E-state index in [-0.39, 0.29) is 0 Å². The van der Waals surface area contributed by atoms with Gasteiger partial charge in [-0.05, 0) is 37.6 Å². The van der Waals surface area contributed by atoms with E-state index in [2.05, 4.69) is 18.3 Å². The van der Waals surface area contributed by atoms with E-state index < -0.39 is 0 Å². The van der Waals surface area contributed by atoms with Gasteiger partial charge in [0.2, 0.25) is 0 Å². The van der Waals surface area contributed by atoms with E-state index in [0.29, 0.717) is 0 Å². The van der Waals surface area contributed by atoms with Crippen LogP contribution in [0.2, 0.25) is 0 Å². The smallest absolute Gasteiger partial charge is 0.119 e. The number of fused-ring (bicyclic) bond motifs is 1. The maximum absolute atomic E-state index is 5.09. The molecule has 0 aliphatic rings. The van der Waals surface area contributed by atoms with Crippen molar-refractivity contribution in [1.29, 1.82) is 0 Å². The Hall–Kier alpha value is -1.14. The first-order valence-corrected chi connectivity index (χ1v) is 6.79. The molecule has 2 rings (SSSR count). The molecular weight excluding hydrogens is 205 g/mol. The van der Waals surface area contributed by atoms with E-state index in [4.69, 9.17) is 4.74 Å². The fourth-order valence-corrected chi connectivity index (χ4v) is 1.18. The Morgan fingerprint density at radius 2 is 1.93 bits per heavy atom. The minimum Gasteiger partial charge on any atom is -0.497 e. The third-order valence-corrected chi connectivity index (χ3v) is 1.81. The van der Waals surface area contributed by atoms with Crippen molar-refractivity contribution in [2.24, 2.45) is 0 Å². The van der Waals surface area contributed by atoms with Crippen LogP contribution in [-0.2, 0) is 0 Å². The standard InChI is InChI=1S/C10H9NO.C2H7P/c1-12-9-4-5-10-8(7-9)3-2-6-11-10;1-3-2/h2-7H,1H3;3H,1-2H3. The maximum Gasteiger partial charge on any atom is 0.119 e. The molecule has 0 fully saturated rings. The van der Waals surface area contributed by atoms with Gasteiger partial charge in [-0.25, -0.2) is 0 Å². The highest BCUT2D eigenvalue weighted by Gasteiger charge is 1.94. The fourth-order valence-electron chi connectivity index (χ4n) is 1.18. The number of pyridine rings is 1. The SMILES string of the molecule is COc1ccc2ncccc2c1.CPC. The van der Waals surface area contributed by atoms with Crippen molar-refractivity contribution in [2.45, 2.75) is 0 Å². The summed E-state index contributed by atoms with van der Waals surface area (Å²) >= 11 is 0. The maximum atomic E-state index is 5.09. The molecule has 0 unspecified atom stereocenters. The highest BCUT2D eigenvalue weighted by atomic mass is 31.1. The lowest BCUT2D eigenvalue weighted by Crippen LogP contribution is -1.82. The largest absolute Gasteiger partial charge is 0.497 e. The average Bonchev–Trinajstić information content (AvgIpc) is 2.29. The summed E-state index contributed by atoms with van der Waals surface area (Å²) in [7, 11) is 2.75. The van der Waals surface area contributed by atoms with Crippen LogP contribution in [0.1, 0.15) is 0 Å². The molecule has 15 heavy (non-hydrogen) atoms. The predicted octanol–water partition coefficient (Wildman–Crippen LogP) is 3.17. The van der Waals surface area contributed by atoms with Crippen molar-refractivity contribution in [3.63, 3.8) is 0 Å². The van der Waals surface area contributed by atoms with Crippen LogP contribution in [0.25, 0.3) is 10.9 Å². The number of nitrogens with zero attached hydrogens (tertiary/aromatic N) is 1. The van der Waals surface area contributed by atoms with E-state index in [9.17, 15) is 0 Å². The molecule has 0 amide bonds. The molecule has 1 aromatic heterocycles. The minimum atomic E-state index is 0.871. The lowest BCUT2D eigenvalue weighted by molar-refractivity contribution is 0.415. The summed E-state index contributed by atoms with van der Waals surface area (Å²) in [5.41, 5.74) is 0.998. The van der Waals surface area contributed by atoms with Gasteiger partial charge in [0.15, 0.2) is 0 Å². The summed E-state index contributed by atoms with van der Waals surface area (Å²) < 4.78 is 5.09. The molecule has 0 aliphatic carbocycles. The van der Waals surface area contributed by atoms with Crippen LogP contribution in [0, 0.1) is 0 Å². The van der Waals surface area contributed by atoms with Crippen LogP contribution in [0.3, 0.4) is 0 Å². The molecule has 0 N–H and O–H groups in total. The van der Waals surface area contributed by atoms with Gasteiger partial charge < -0.3 is 4.74 Å². The van der Waals surface area contributed by atoms with Gasteiger partial charge >= 0.3 is 0 Å². The Labute approximate surface area is 92.5 Å². The van der Waals surface area contributed by atoms with Crippen molar-refractivity contribution < 1.29 is 4.74 Å². The number of ether oxygens (including phenoxy) is 1. The van der Waals surface area contributed by atoms with Crippen LogP contribution in [-0.4, -0.2) is 25.4 Å². The summed E-state index contributed by atoms with van der Waals surface area (Å²) in [6.07, 6.45) is 1.79. The second kappa shape index (κ2) is 6.36. The summed E-state index contributed by atoms with van der Waals surface area (Å²) in [6, 6.07) is 9.78. The second-order valence-corrected chi connectivity index (χ2v) is 4.06. The van der Waals surface area contributed by atoms with Crippen LogP contribution in [0.15, 0.2) is 36.5 Å². The number of hydrogen-bond donors (Lipinski definition) is 0. The lowest BCUT2D eigenvalue weighted by atomic mass is 10.2. The molecule has 2 nitrogen and oxygen atoms in total. The van der Waals surface area contributed by atoms with Gasteiger partial charge in [-0.15, -0.1) is 8.58 Å². The Morgan fingerprint density at radius 3 is 2.60 bits per heavy atom. The first-order chi connectivity index (χ1) is 7.31. The van der Waals surface area contributed by atoms with Crippen molar-refractivity contribution in [2.75, 3.05) is 20.4 Å². The molecule has 1 heterocycles. The molecule has 0 radical (unpaired) electrons. The Kier molecular flexibility index (Phi) is 5.06. The number of rotatable bonds is 1. The molecule has 0 atom stereocenters. The monoisotopic (exact) mass is 221 g/mol. The molecule has 1 aromatic carbocycles. The van der Waals surface area contributed by atoms with Crippen LogP contribution >= 0.6 is 8.58 Å². The molecule has 0 bridgehead atoms. The average molecular weight is 221 g/mol. The van der Waals surface area contributed by atoms with Gasteiger partial charge in [0.25, 0.3) is 0 Å². The van der Waals surface area contributed by atoms with Gasteiger partial charge in [0.05, 0.1) is 12.6 Å². The van der Waals surface area contributed by atoms with Gasteiger partial charge in [-0.1, -0.05) is 6.07 Å².